The zero-order valence-corrected chi connectivity index (χ0v) is 10.6. The summed E-state index contributed by atoms with van der Waals surface area (Å²) in [5, 5.41) is 1.02. The van der Waals surface area contributed by atoms with Crippen molar-refractivity contribution in [2.24, 2.45) is 0 Å². The van der Waals surface area contributed by atoms with Crippen LogP contribution in [0.15, 0.2) is 12.1 Å². The normalized spacial score (nSPS) is 10.3. The fourth-order valence-corrected chi connectivity index (χ4v) is 1.96. The summed E-state index contributed by atoms with van der Waals surface area (Å²) in [6, 6.07) is 4.36. The molecular weight excluding hydrogens is 240 g/mol. The minimum atomic E-state index is 0.734. The predicted octanol–water partition coefficient (Wildman–Crippen LogP) is 3.64. The number of rotatable bonds is 4. The Morgan fingerprint density at radius 2 is 1.93 bits per heavy atom. The van der Waals surface area contributed by atoms with Crippen LogP contribution in [0.4, 0.5) is 0 Å². The van der Waals surface area contributed by atoms with Gasteiger partial charge in [0.1, 0.15) is 5.75 Å². The lowest BCUT2D eigenvalue weighted by Gasteiger charge is -2.11. The highest BCUT2D eigenvalue weighted by Gasteiger charge is 2.04. The van der Waals surface area contributed by atoms with E-state index < -0.39 is 0 Å². The van der Waals surface area contributed by atoms with Crippen molar-refractivity contribution in [1.82, 2.24) is 0 Å². The van der Waals surface area contributed by atoms with Crippen molar-refractivity contribution in [3.05, 3.63) is 28.8 Å². The van der Waals surface area contributed by atoms with Crippen molar-refractivity contribution in [2.75, 3.05) is 11.9 Å². The standard InChI is InChI=1S/C12H17BrO/c1-4-14-12-8-9(2)11(5-6-13)7-10(12)3/h7-8H,4-6H2,1-3H3. The summed E-state index contributed by atoms with van der Waals surface area (Å²) in [6.07, 6.45) is 1.08. The third kappa shape index (κ3) is 2.74. The van der Waals surface area contributed by atoms with Crippen LogP contribution in [-0.4, -0.2) is 11.9 Å². The Bertz CT molecular complexity index is 276. The van der Waals surface area contributed by atoms with Crippen molar-refractivity contribution in [3.8, 4) is 5.75 Å². The molecule has 1 aromatic rings. The molecule has 0 fully saturated rings. The van der Waals surface area contributed by atoms with Gasteiger partial charge in [0.2, 0.25) is 0 Å². The third-order valence-corrected chi connectivity index (χ3v) is 2.69. The van der Waals surface area contributed by atoms with Crippen LogP contribution >= 0.6 is 15.9 Å². The lowest BCUT2D eigenvalue weighted by Crippen LogP contribution is -1.98. The number of halogens is 1. The molecule has 0 spiro atoms. The van der Waals surface area contributed by atoms with Gasteiger partial charge in [0, 0.05) is 5.33 Å². The number of hydrogen-bond acceptors (Lipinski definition) is 1. The minimum Gasteiger partial charge on any atom is -0.494 e. The zero-order chi connectivity index (χ0) is 10.6. The monoisotopic (exact) mass is 256 g/mol. The van der Waals surface area contributed by atoms with Crippen LogP contribution in [-0.2, 0) is 6.42 Å². The van der Waals surface area contributed by atoms with Crippen LogP contribution in [0, 0.1) is 13.8 Å². The maximum absolute atomic E-state index is 5.54. The van der Waals surface area contributed by atoms with Crippen molar-refractivity contribution < 1.29 is 4.74 Å². The number of aryl methyl sites for hydroxylation is 3. The summed E-state index contributed by atoms with van der Waals surface area (Å²) in [5.41, 5.74) is 3.95. The third-order valence-electron chi connectivity index (χ3n) is 2.30. The van der Waals surface area contributed by atoms with Gasteiger partial charge in [0.05, 0.1) is 6.61 Å². The van der Waals surface area contributed by atoms with E-state index in [0.29, 0.717) is 0 Å². The maximum Gasteiger partial charge on any atom is 0.122 e. The van der Waals surface area contributed by atoms with E-state index >= 15 is 0 Å². The fraction of sp³-hybridized carbons (Fsp3) is 0.500. The highest BCUT2D eigenvalue weighted by Crippen LogP contribution is 2.23. The second kappa shape index (κ2) is 5.40. The highest BCUT2D eigenvalue weighted by molar-refractivity contribution is 9.09. The molecule has 0 heterocycles. The Balaban J connectivity index is 2.97. The van der Waals surface area contributed by atoms with E-state index in [1.54, 1.807) is 0 Å². The molecule has 0 aromatic heterocycles. The highest BCUT2D eigenvalue weighted by atomic mass is 79.9. The second-order valence-corrected chi connectivity index (χ2v) is 4.21. The molecule has 1 aromatic carbocycles. The molecule has 1 nitrogen and oxygen atoms in total. The van der Waals surface area contributed by atoms with E-state index in [9.17, 15) is 0 Å². The molecule has 0 unspecified atom stereocenters. The van der Waals surface area contributed by atoms with Crippen LogP contribution in [0.2, 0.25) is 0 Å². The first kappa shape index (κ1) is 11.6. The van der Waals surface area contributed by atoms with E-state index in [-0.39, 0.29) is 0 Å². The van der Waals surface area contributed by atoms with E-state index in [2.05, 4.69) is 41.9 Å². The average molecular weight is 257 g/mol. The number of benzene rings is 1. The molecule has 0 radical (unpaired) electrons. The molecular formula is C12H17BrO. The summed E-state index contributed by atoms with van der Waals surface area (Å²) < 4.78 is 5.54. The van der Waals surface area contributed by atoms with Gasteiger partial charge in [-0.3, -0.25) is 0 Å². The fourth-order valence-electron chi connectivity index (χ4n) is 1.53. The Kier molecular flexibility index (Phi) is 4.46. The molecule has 0 amide bonds. The molecule has 0 aliphatic heterocycles. The van der Waals surface area contributed by atoms with Crippen LogP contribution in [0.5, 0.6) is 5.75 Å². The zero-order valence-electron chi connectivity index (χ0n) is 9.06. The van der Waals surface area contributed by atoms with Crippen LogP contribution in [0.1, 0.15) is 23.6 Å². The number of alkyl halides is 1. The van der Waals surface area contributed by atoms with E-state index in [4.69, 9.17) is 4.74 Å². The SMILES string of the molecule is CCOc1cc(C)c(CCBr)cc1C. The Labute approximate surface area is 94.6 Å². The number of ether oxygens (including phenoxy) is 1. The van der Waals surface area contributed by atoms with Crippen molar-refractivity contribution in [3.63, 3.8) is 0 Å². The van der Waals surface area contributed by atoms with Gasteiger partial charge in [-0.2, -0.15) is 0 Å². The summed E-state index contributed by atoms with van der Waals surface area (Å²) >= 11 is 3.46. The van der Waals surface area contributed by atoms with Crippen LogP contribution in [0.25, 0.3) is 0 Å². The summed E-state index contributed by atoms with van der Waals surface area (Å²) in [5.74, 6) is 1.02. The Hall–Kier alpha value is -0.500. The Morgan fingerprint density at radius 1 is 1.21 bits per heavy atom. The average Bonchev–Trinajstić information content (AvgIpc) is 2.14. The van der Waals surface area contributed by atoms with E-state index in [1.165, 1.54) is 16.7 Å². The molecule has 78 valence electrons. The lowest BCUT2D eigenvalue weighted by molar-refractivity contribution is 0.337. The van der Waals surface area contributed by atoms with Crippen molar-refractivity contribution in [2.45, 2.75) is 27.2 Å². The first-order valence-electron chi connectivity index (χ1n) is 4.98. The molecule has 0 saturated carbocycles. The molecule has 0 bridgehead atoms. The molecule has 0 saturated heterocycles. The lowest BCUT2D eigenvalue weighted by atomic mass is 10.0. The van der Waals surface area contributed by atoms with Gasteiger partial charge in [0.25, 0.3) is 0 Å². The molecule has 2 heteroatoms. The molecule has 0 N–H and O–H groups in total. The first-order valence-corrected chi connectivity index (χ1v) is 6.10. The van der Waals surface area contributed by atoms with Gasteiger partial charge in [0.15, 0.2) is 0 Å². The largest absolute Gasteiger partial charge is 0.494 e. The van der Waals surface area contributed by atoms with Gasteiger partial charge >= 0.3 is 0 Å². The predicted molar refractivity (Wildman–Crippen MR) is 64.6 cm³/mol. The molecule has 14 heavy (non-hydrogen) atoms. The molecule has 0 atom stereocenters. The second-order valence-electron chi connectivity index (χ2n) is 3.42. The van der Waals surface area contributed by atoms with Crippen molar-refractivity contribution in [1.29, 1.82) is 0 Å². The summed E-state index contributed by atoms with van der Waals surface area (Å²) in [7, 11) is 0. The molecule has 0 aliphatic rings. The van der Waals surface area contributed by atoms with Crippen molar-refractivity contribution >= 4 is 15.9 Å². The quantitative estimate of drug-likeness (QED) is 0.748. The van der Waals surface area contributed by atoms with Crippen LogP contribution < -0.4 is 4.74 Å². The Morgan fingerprint density at radius 3 is 2.50 bits per heavy atom. The smallest absolute Gasteiger partial charge is 0.122 e. The topological polar surface area (TPSA) is 9.23 Å². The van der Waals surface area contributed by atoms with Gasteiger partial charge in [-0.15, -0.1) is 0 Å². The van der Waals surface area contributed by atoms with Gasteiger partial charge in [-0.25, -0.2) is 0 Å². The number of hydrogen-bond donors (Lipinski definition) is 0. The van der Waals surface area contributed by atoms with E-state index in [0.717, 1.165) is 24.1 Å². The van der Waals surface area contributed by atoms with E-state index in [1.807, 2.05) is 6.92 Å². The van der Waals surface area contributed by atoms with Crippen LogP contribution in [0.3, 0.4) is 0 Å². The van der Waals surface area contributed by atoms with Gasteiger partial charge in [-0.1, -0.05) is 22.0 Å². The minimum absolute atomic E-state index is 0.734. The van der Waals surface area contributed by atoms with Gasteiger partial charge < -0.3 is 4.74 Å². The molecule has 1 rings (SSSR count). The maximum atomic E-state index is 5.54. The van der Waals surface area contributed by atoms with Gasteiger partial charge in [-0.05, 0) is 49.9 Å². The summed E-state index contributed by atoms with van der Waals surface area (Å²) in [6.45, 7) is 6.99. The molecule has 0 aliphatic carbocycles. The summed E-state index contributed by atoms with van der Waals surface area (Å²) in [4.78, 5) is 0. The first-order chi connectivity index (χ1) is 6.69.